The molecule has 0 radical (unpaired) electrons. The topological polar surface area (TPSA) is 147 Å². The molecule has 3 aromatic rings. The highest BCUT2D eigenvalue weighted by atomic mass is 19.4. The van der Waals surface area contributed by atoms with Gasteiger partial charge in [0.1, 0.15) is 23.0 Å². The van der Waals surface area contributed by atoms with Crippen LogP contribution < -0.4 is 10.5 Å². The van der Waals surface area contributed by atoms with E-state index in [9.17, 15) is 27.6 Å². The van der Waals surface area contributed by atoms with Gasteiger partial charge in [0, 0.05) is 17.5 Å². The number of nitrogens with zero attached hydrogens (tertiary/aromatic N) is 3. The Hall–Kier alpha value is -4.20. The van der Waals surface area contributed by atoms with Gasteiger partial charge < -0.3 is 29.3 Å². The van der Waals surface area contributed by atoms with E-state index in [0.717, 1.165) is 18.1 Å². The Morgan fingerprint density at radius 3 is 2.36 bits per heavy atom. The number of carbonyl (C=O) groups excluding carboxylic acids is 3. The number of benzene rings is 1. The predicted molar refractivity (Wildman–Crippen MR) is 128 cm³/mol. The van der Waals surface area contributed by atoms with Gasteiger partial charge >= 0.3 is 18.1 Å². The van der Waals surface area contributed by atoms with Crippen LogP contribution in [0.1, 0.15) is 41.3 Å². The summed E-state index contributed by atoms with van der Waals surface area (Å²) in [6.45, 7) is 1.41. The Kier molecular flexibility index (Phi) is 7.50. The van der Waals surface area contributed by atoms with Crippen LogP contribution in [-0.2, 0) is 25.2 Å². The van der Waals surface area contributed by atoms with Crippen LogP contribution in [0.25, 0.3) is 22.4 Å². The number of alkyl halides is 3. The number of halogens is 3. The van der Waals surface area contributed by atoms with E-state index in [-0.39, 0.29) is 52.5 Å². The van der Waals surface area contributed by atoms with Crippen molar-refractivity contribution in [1.29, 1.82) is 0 Å². The van der Waals surface area contributed by atoms with Crippen molar-refractivity contribution in [3.05, 3.63) is 41.4 Å². The summed E-state index contributed by atoms with van der Waals surface area (Å²) >= 11 is 0. The molecule has 0 unspecified atom stereocenters. The number of nitrogens with two attached hydrogens (primary N) is 1. The number of esters is 2. The molecule has 0 spiro atoms. The molecule has 1 aromatic carbocycles. The standard InChI is InChI=1S/C25H25F3N4O7/c1-11(29)20-19(22(33)32-10-12(23(34)37-3)9-15(32)24(35)38-4)31-21(39-20)14-5-7-16(36-2)18-13(14)6-8-17(30-18)25(26,27)28/h5-8,11-12,15H,9-10,29H2,1-4H3/t11-,12+,15-/m0/s1. The summed E-state index contributed by atoms with van der Waals surface area (Å²) < 4.78 is 60.6. The summed E-state index contributed by atoms with van der Waals surface area (Å²) in [6.07, 6.45) is -4.70. The van der Waals surface area contributed by atoms with Crippen LogP contribution in [0.15, 0.2) is 28.7 Å². The SMILES string of the molecule is COC(=O)[C@@H]1C[C@@H](C(=O)OC)N(C(=O)c2nc(-c3ccc(OC)c4nc(C(F)(F)F)ccc34)oc2[C@H](C)N)C1. The molecule has 3 atom stereocenters. The highest BCUT2D eigenvalue weighted by Gasteiger charge is 2.45. The molecule has 4 rings (SSSR count). The largest absolute Gasteiger partial charge is 0.494 e. The molecule has 11 nitrogen and oxygen atoms in total. The van der Waals surface area contributed by atoms with E-state index in [0.29, 0.717) is 0 Å². The number of rotatable bonds is 6. The van der Waals surface area contributed by atoms with Gasteiger partial charge in [-0.15, -0.1) is 0 Å². The van der Waals surface area contributed by atoms with Crippen LogP contribution >= 0.6 is 0 Å². The first-order valence-corrected chi connectivity index (χ1v) is 11.7. The van der Waals surface area contributed by atoms with Crippen LogP contribution in [0, 0.1) is 5.92 Å². The molecule has 0 bridgehead atoms. The maximum atomic E-state index is 13.7. The quantitative estimate of drug-likeness (QED) is 0.454. The maximum absolute atomic E-state index is 13.7. The molecule has 1 aliphatic rings. The second-order valence-electron chi connectivity index (χ2n) is 8.88. The van der Waals surface area contributed by atoms with Crippen molar-refractivity contribution >= 4 is 28.7 Å². The van der Waals surface area contributed by atoms with E-state index in [1.807, 2.05) is 0 Å². The van der Waals surface area contributed by atoms with Gasteiger partial charge in [0.2, 0.25) is 5.89 Å². The summed E-state index contributed by atoms with van der Waals surface area (Å²) in [5.74, 6) is -2.89. The van der Waals surface area contributed by atoms with E-state index < -0.39 is 47.7 Å². The Morgan fingerprint density at radius 2 is 1.77 bits per heavy atom. The zero-order chi connectivity index (χ0) is 28.6. The number of oxazole rings is 1. The van der Waals surface area contributed by atoms with E-state index in [4.69, 9.17) is 24.4 Å². The molecule has 2 aromatic heterocycles. The van der Waals surface area contributed by atoms with Gasteiger partial charge in [0.25, 0.3) is 5.91 Å². The molecule has 1 amide bonds. The van der Waals surface area contributed by atoms with E-state index in [2.05, 4.69) is 9.97 Å². The number of hydrogen-bond acceptors (Lipinski definition) is 10. The molecule has 0 aliphatic carbocycles. The van der Waals surface area contributed by atoms with Crippen LogP contribution in [-0.4, -0.2) is 66.6 Å². The first kappa shape index (κ1) is 27.8. The second-order valence-corrected chi connectivity index (χ2v) is 8.88. The predicted octanol–water partition coefficient (Wildman–Crippen LogP) is 3.11. The van der Waals surface area contributed by atoms with E-state index >= 15 is 0 Å². The minimum absolute atomic E-state index is 0.0143. The van der Waals surface area contributed by atoms with Gasteiger partial charge in [-0.25, -0.2) is 14.8 Å². The molecule has 14 heteroatoms. The van der Waals surface area contributed by atoms with E-state index in [1.165, 1.54) is 32.4 Å². The smallest absolute Gasteiger partial charge is 0.433 e. The number of carbonyl (C=O) groups is 3. The van der Waals surface area contributed by atoms with Gasteiger partial charge in [-0.1, -0.05) is 0 Å². The number of hydrogen-bond donors (Lipinski definition) is 1. The molecular weight excluding hydrogens is 525 g/mol. The van der Waals surface area contributed by atoms with Gasteiger partial charge in [-0.2, -0.15) is 13.2 Å². The Labute approximate surface area is 220 Å². The number of likely N-dealkylation sites (tertiary alicyclic amines) is 1. The molecule has 0 saturated carbocycles. The second kappa shape index (κ2) is 10.5. The number of aromatic nitrogens is 2. The minimum atomic E-state index is -4.69. The molecule has 39 heavy (non-hydrogen) atoms. The lowest BCUT2D eigenvalue weighted by Gasteiger charge is -2.22. The number of fused-ring (bicyclic) bond motifs is 1. The summed E-state index contributed by atoms with van der Waals surface area (Å²) in [5.41, 5.74) is 4.86. The lowest BCUT2D eigenvalue weighted by Crippen LogP contribution is -2.41. The summed E-state index contributed by atoms with van der Waals surface area (Å²) in [5, 5.41) is 0.221. The van der Waals surface area contributed by atoms with Crippen LogP contribution in [0.5, 0.6) is 5.75 Å². The highest BCUT2D eigenvalue weighted by molar-refractivity contribution is 5.99. The molecule has 1 aliphatic heterocycles. The molecule has 2 N–H and O–H groups in total. The minimum Gasteiger partial charge on any atom is -0.494 e. The fraction of sp³-hybridized carbons (Fsp3) is 0.400. The first-order chi connectivity index (χ1) is 18.4. The third-order valence-electron chi connectivity index (χ3n) is 6.40. The summed E-state index contributed by atoms with van der Waals surface area (Å²) in [6, 6.07) is 3.00. The molecule has 1 fully saturated rings. The molecule has 208 valence electrons. The Morgan fingerprint density at radius 1 is 1.08 bits per heavy atom. The first-order valence-electron chi connectivity index (χ1n) is 11.7. The zero-order valence-corrected chi connectivity index (χ0v) is 21.4. The lowest BCUT2D eigenvalue weighted by molar-refractivity contribution is -0.145. The van der Waals surface area contributed by atoms with E-state index in [1.54, 1.807) is 6.92 Å². The molecule has 1 saturated heterocycles. The molecule has 3 heterocycles. The zero-order valence-electron chi connectivity index (χ0n) is 21.4. The van der Waals surface area contributed by atoms with Gasteiger partial charge in [-0.3, -0.25) is 9.59 Å². The third-order valence-corrected chi connectivity index (χ3v) is 6.40. The van der Waals surface area contributed by atoms with Crippen molar-refractivity contribution < 1.29 is 46.2 Å². The highest BCUT2D eigenvalue weighted by Crippen LogP contribution is 2.38. The van der Waals surface area contributed by atoms with Crippen LogP contribution in [0.3, 0.4) is 0 Å². The number of amides is 1. The van der Waals surface area contributed by atoms with Crippen molar-refractivity contribution in [2.24, 2.45) is 11.7 Å². The normalized spacial score (nSPS) is 18.2. The number of ether oxygens (including phenoxy) is 3. The fourth-order valence-electron chi connectivity index (χ4n) is 4.50. The monoisotopic (exact) mass is 550 g/mol. The van der Waals surface area contributed by atoms with Crippen molar-refractivity contribution in [3.8, 4) is 17.2 Å². The third kappa shape index (κ3) is 5.11. The average Bonchev–Trinajstić information content (AvgIpc) is 3.56. The average molecular weight is 550 g/mol. The van der Waals surface area contributed by atoms with Gasteiger partial charge in [0.05, 0.1) is 33.3 Å². The van der Waals surface area contributed by atoms with Crippen molar-refractivity contribution in [2.45, 2.75) is 31.6 Å². The summed E-state index contributed by atoms with van der Waals surface area (Å²) in [4.78, 5) is 47.4. The fourth-order valence-corrected chi connectivity index (χ4v) is 4.50. The lowest BCUT2D eigenvalue weighted by atomic mass is 10.1. The summed E-state index contributed by atoms with van der Waals surface area (Å²) in [7, 11) is 3.65. The Bertz CT molecular complexity index is 1440. The maximum Gasteiger partial charge on any atom is 0.433 e. The number of pyridine rings is 1. The van der Waals surface area contributed by atoms with Gasteiger partial charge in [-0.05, 0) is 37.6 Å². The van der Waals surface area contributed by atoms with Crippen molar-refractivity contribution in [3.63, 3.8) is 0 Å². The van der Waals surface area contributed by atoms with Crippen molar-refractivity contribution in [1.82, 2.24) is 14.9 Å². The Balaban J connectivity index is 1.82. The van der Waals surface area contributed by atoms with Crippen LogP contribution in [0.4, 0.5) is 13.2 Å². The van der Waals surface area contributed by atoms with Gasteiger partial charge in [0.15, 0.2) is 11.5 Å². The molecular formula is C25H25F3N4O7. The van der Waals surface area contributed by atoms with Crippen molar-refractivity contribution in [2.75, 3.05) is 27.9 Å². The van der Waals surface area contributed by atoms with Crippen LogP contribution in [0.2, 0.25) is 0 Å². The number of methoxy groups -OCH3 is 3.